The minimum absolute atomic E-state index is 0.322. The number of nitrogens with two attached hydrogens (primary N) is 1. The van der Waals surface area contributed by atoms with Crippen LogP contribution in [0, 0.1) is 5.82 Å². The Morgan fingerprint density at radius 1 is 1.10 bits per heavy atom. The summed E-state index contributed by atoms with van der Waals surface area (Å²) in [6.07, 6.45) is 0. The first kappa shape index (κ1) is 12.8. The first-order chi connectivity index (χ1) is 9.63. The molecule has 1 aromatic heterocycles. The van der Waals surface area contributed by atoms with Crippen LogP contribution in [-0.4, -0.2) is 10.1 Å². The second-order valence-corrected chi connectivity index (χ2v) is 5.02. The molecule has 6 heteroatoms. The highest BCUT2D eigenvalue weighted by Gasteiger charge is 2.13. The zero-order chi connectivity index (χ0) is 14.1. The van der Waals surface area contributed by atoms with Crippen LogP contribution in [0.5, 0.6) is 0 Å². The van der Waals surface area contributed by atoms with Gasteiger partial charge in [-0.15, -0.1) is 0 Å². The molecule has 0 spiro atoms. The molecule has 3 aromatic rings. The van der Waals surface area contributed by atoms with Gasteiger partial charge in [0, 0.05) is 21.3 Å². The van der Waals surface area contributed by atoms with Crippen LogP contribution in [0.25, 0.3) is 22.8 Å². The van der Waals surface area contributed by atoms with Gasteiger partial charge in [0.25, 0.3) is 5.89 Å². The second-order valence-electron chi connectivity index (χ2n) is 4.17. The van der Waals surface area contributed by atoms with Crippen LogP contribution in [-0.2, 0) is 0 Å². The van der Waals surface area contributed by atoms with E-state index in [9.17, 15) is 4.39 Å². The molecule has 2 N–H and O–H groups in total. The van der Waals surface area contributed by atoms with Crippen molar-refractivity contribution in [1.82, 2.24) is 10.1 Å². The monoisotopic (exact) mass is 333 g/mol. The van der Waals surface area contributed by atoms with E-state index in [1.165, 1.54) is 12.1 Å². The van der Waals surface area contributed by atoms with Gasteiger partial charge in [0.15, 0.2) is 0 Å². The molecule has 0 aliphatic rings. The van der Waals surface area contributed by atoms with Gasteiger partial charge in [0.1, 0.15) is 5.82 Å². The summed E-state index contributed by atoms with van der Waals surface area (Å²) in [5.41, 5.74) is 7.57. The van der Waals surface area contributed by atoms with Crippen molar-refractivity contribution in [2.45, 2.75) is 0 Å². The predicted octanol–water partition coefficient (Wildman–Crippen LogP) is 3.89. The zero-order valence-corrected chi connectivity index (χ0v) is 11.8. The molecule has 20 heavy (non-hydrogen) atoms. The standard InChI is InChI=1S/C14H9BrFN3O/c15-12-6-3-9(16)7-11(12)13-18-14(20-19-13)8-1-4-10(17)5-2-8/h1-7H,17H2. The molecule has 0 saturated carbocycles. The zero-order valence-electron chi connectivity index (χ0n) is 10.2. The highest BCUT2D eigenvalue weighted by molar-refractivity contribution is 9.10. The molecule has 0 radical (unpaired) electrons. The van der Waals surface area contributed by atoms with Crippen LogP contribution >= 0.6 is 15.9 Å². The Balaban J connectivity index is 2.01. The molecule has 2 aromatic carbocycles. The average molecular weight is 334 g/mol. The van der Waals surface area contributed by atoms with Gasteiger partial charge in [-0.2, -0.15) is 4.98 Å². The summed E-state index contributed by atoms with van der Waals surface area (Å²) in [7, 11) is 0. The summed E-state index contributed by atoms with van der Waals surface area (Å²) in [6.45, 7) is 0. The molecule has 0 atom stereocenters. The molecular weight excluding hydrogens is 325 g/mol. The highest BCUT2D eigenvalue weighted by atomic mass is 79.9. The van der Waals surface area contributed by atoms with Crippen molar-refractivity contribution in [2.24, 2.45) is 0 Å². The largest absolute Gasteiger partial charge is 0.399 e. The third kappa shape index (κ3) is 2.42. The van der Waals surface area contributed by atoms with Gasteiger partial charge < -0.3 is 10.3 Å². The van der Waals surface area contributed by atoms with Crippen molar-refractivity contribution in [2.75, 3.05) is 5.73 Å². The Kier molecular flexibility index (Phi) is 3.23. The number of benzene rings is 2. The topological polar surface area (TPSA) is 64.9 Å². The molecule has 1 heterocycles. The van der Waals surface area contributed by atoms with E-state index in [-0.39, 0.29) is 5.82 Å². The van der Waals surface area contributed by atoms with E-state index in [0.29, 0.717) is 27.4 Å². The fourth-order valence-electron chi connectivity index (χ4n) is 1.74. The summed E-state index contributed by atoms with van der Waals surface area (Å²) < 4.78 is 19.2. The van der Waals surface area contributed by atoms with E-state index in [1.54, 1.807) is 30.3 Å². The first-order valence-electron chi connectivity index (χ1n) is 5.78. The third-order valence-electron chi connectivity index (χ3n) is 2.75. The average Bonchev–Trinajstić information content (AvgIpc) is 2.92. The van der Waals surface area contributed by atoms with E-state index >= 15 is 0 Å². The van der Waals surface area contributed by atoms with Gasteiger partial charge in [-0.25, -0.2) is 4.39 Å². The van der Waals surface area contributed by atoms with Gasteiger partial charge in [-0.1, -0.05) is 21.1 Å². The van der Waals surface area contributed by atoms with Crippen molar-refractivity contribution in [3.63, 3.8) is 0 Å². The van der Waals surface area contributed by atoms with E-state index in [4.69, 9.17) is 10.3 Å². The minimum Gasteiger partial charge on any atom is -0.399 e. The molecule has 4 nitrogen and oxygen atoms in total. The van der Waals surface area contributed by atoms with E-state index in [2.05, 4.69) is 26.1 Å². The maximum absolute atomic E-state index is 13.3. The lowest BCUT2D eigenvalue weighted by Crippen LogP contribution is -1.86. The molecule has 0 aliphatic heterocycles. The van der Waals surface area contributed by atoms with E-state index in [0.717, 1.165) is 5.56 Å². The number of nitrogens with zero attached hydrogens (tertiary/aromatic N) is 2. The maximum Gasteiger partial charge on any atom is 0.258 e. The van der Waals surface area contributed by atoms with Crippen LogP contribution < -0.4 is 5.73 Å². The van der Waals surface area contributed by atoms with Crippen LogP contribution in [0.4, 0.5) is 10.1 Å². The van der Waals surface area contributed by atoms with Crippen LogP contribution in [0.2, 0.25) is 0 Å². The van der Waals surface area contributed by atoms with Gasteiger partial charge in [-0.3, -0.25) is 0 Å². The lowest BCUT2D eigenvalue weighted by Gasteiger charge is -1.98. The van der Waals surface area contributed by atoms with Crippen LogP contribution in [0.15, 0.2) is 51.5 Å². The Bertz CT molecular complexity index is 755. The molecule has 0 saturated heterocycles. The Morgan fingerprint density at radius 3 is 2.60 bits per heavy atom. The van der Waals surface area contributed by atoms with Crippen LogP contribution in [0.1, 0.15) is 0 Å². The van der Waals surface area contributed by atoms with Gasteiger partial charge in [-0.05, 0) is 42.5 Å². The number of hydrogen-bond acceptors (Lipinski definition) is 4. The van der Waals surface area contributed by atoms with E-state index in [1.807, 2.05) is 0 Å². The van der Waals surface area contributed by atoms with Crippen LogP contribution in [0.3, 0.4) is 0 Å². The number of aromatic nitrogens is 2. The summed E-state index contributed by atoms with van der Waals surface area (Å²) in [5.74, 6) is 0.321. The summed E-state index contributed by atoms with van der Waals surface area (Å²) >= 11 is 3.34. The summed E-state index contributed by atoms with van der Waals surface area (Å²) in [4.78, 5) is 4.27. The van der Waals surface area contributed by atoms with Crippen molar-refractivity contribution in [1.29, 1.82) is 0 Å². The fraction of sp³-hybridized carbons (Fsp3) is 0. The maximum atomic E-state index is 13.3. The van der Waals surface area contributed by atoms with Crippen molar-refractivity contribution < 1.29 is 8.91 Å². The number of anilines is 1. The molecule has 0 bridgehead atoms. The number of hydrogen-bond donors (Lipinski definition) is 1. The fourth-order valence-corrected chi connectivity index (χ4v) is 2.17. The molecule has 100 valence electrons. The molecule has 0 aliphatic carbocycles. The quantitative estimate of drug-likeness (QED) is 0.722. The Morgan fingerprint density at radius 2 is 1.85 bits per heavy atom. The van der Waals surface area contributed by atoms with Gasteiger partial charge >= 0.3 is 0 Å². The predicted molar refractivity (Wildman–Crippen MR) is 77.2 cm³/mol. The van der Waals surface area contributed by atoms with Crippen molar-refractivity contribution >= 4 is 21.6 Å². The summed E-state index contributed by atoms with van der Waals surface area (Å²) in [5, 5.41) is 3.87. The smallest absolute Gasteiger partial charge is 0.258 e. The van der Waals surface area contributed by atoms with Gasteiger partial charge in [0.2, 0.25) is 5.82 Å². The lowest BCUT2D eigenvalue weighted by atomic mass is 10.2. The minimum atomic E-state index is -0.359. The van der Waals surface area contributed by atoms with E-state index < -0.39 is 0 Å². The highest BCUT2D eigenvalue weighted by Crippen LogP contribution is 2.28. The number of nitrogen functional groups attached to an aromatic ring is 1. The Labute approximate surface area is 122 Å². The molecule has 0 amide bonds. The first-order valence-corrected chi connectivity index (χ1v) is 6.58. The summed E-state index contributed by atoms with van der Waals surface area (Å²) in [6, 6.07) is 11.4. The number of halogens is 2. The normalized spacial score (nSPS) is 10.7. The molecular formula is C14H9BrFN3O. The Hall–Kier alpha value is -2.21. The number of rotatable bonds is 2. The molecule has 0 unspecified atom stereocenters. The van der Waals surface area contributed by atoms with Gasteiger partial charge in [0.05, 0.1) is 0 Å². The van der Waals surface area contributed by atoms with Crippen molar-refractivity contribution in [3.05, 3.63) is 52.8 Å². The SMILES string of the molecule is Nc1ccc(-c2nc(-c3cc(F)ccc3Br)no2)cc1. The lowest BCUT2D eigenvalue weighted by molar-refractivity contribution is 0.432. The van der Waals surface area contributed by atoms with Crippen molar-refractivity contribution in [3.8, 4) is 22.8 Å². The molecule has 0 fully saturated rings. The second kappa shape index (κ2) is 5.05. The third-order valence-corrected chi connectivity index (χ3v) is 3.44. The molecule has 3 rings (SSSR count).